The van der Waals surface area contributed by atoms with Crippen LogP contribution in [0, 0.1) is 6.92 Å². The number of anilines is 3. The number of para-hydroxylation sites is 1. The van der Waals surface area contributed by atoms with Gasteiger partial charge < -0.3 is 15.1 Å². The second-order valence-corrected chi connectivity index (χ2v) is 7.64. The van der Waals surface area contributed by atoms with Gasteiger partial charge >= 0.3 is 0 Å². The standard InChI is InChI=1S/C24H31N3O2/c1-4-20-9-7-8-18(2)24(20)25-23(29)14-17-27(19(3)28)22-12-10-21(11-13-22)26-15-5-6-16-26/h7-13H,4-6,14-17H2,1-3H3,(H,25,29). The highest BCUT2D eigenvalue weighted by Crippen LogP contribution is 2.25. The molecule has 2 aromatic rings. The minimum atomic E-state index is -0.0751. The fourth-order valence-electron chi connectivity index (χ4n) is 3.90. The monoisotopic (exact) mass is 393 g/mol. The summed E-state index contributed by atoms with van der Waals surface area (Å²) >= 11 is 0. The third kappa shape index (κ3) is 5.17. The maximum atomic E-state index is 12.6. The smallest absolute Gasteiger partial charge is 0.226 e. The van der Waals surface area contributed by atoms with E-state index in [2.05, 4.69) is 29.3 Å². The van der Waals surface area contributed by atoms with E-state index < -0.39 is 0 Å². The van der Waals surface area contributed by atoms with Crippen molar-refractivity contribution in [3.63, 3.8) is 0 Å². The van der Waals surface area contributed by atoms with E-state index in [9.17, 15) is 9.59 Å². The Bertz CT molecular complexity index is 855. The number of hydrogen-bond acceptors (Lipinski definition) is 3. The SMILES string of the molecule is CCc1cccc(C)c1NC(=O)CCN(C(C)=O)c1ccc(N2CCCC2)cc1. The van der Waals surface area contributed by atoms with Gasteiger partial charge in [0.05, 0.1) is 0 Å². The zero-order valence-electron chi connectivity index (χ0n) is 17.7. The first-order chi connectivity index (χ1) is 14.0. The number of carbonyl (C=O) groups excluding carboxylic acids is 2. The van der Waals surface area contributed by atoms with Crippen molar-refractivity contribution in [2.24, 2.45) is 0 Å². The van der Waals surface area contributed by atoms with E-state index in [4.69, 9.17) is 0 Å². The molecule has 0 unspecified atom stereocenters. The minimum absolute atomic E-state index is 0.0585. The Balaban J connectivity index is 1.64. The molecule has 2 amide bonds. The number of amides is 2. The molecule has 0 spiro atoms. The third-order valence-corrected chi connectivity index (χ3v) is 5.58. The highest BCUT2D eigenvalue weighted by molar-refractivity contribution is 5.95. The molecule has 1 saturated heterocycles. The fourth-order valence-corrected chi connectivity index (χ4v) is 3.90. The second kappa shape index (κ2) is 9.59. The quantitative estimate of drug-likeness (QED) is 0.751. The molecule has 2 aromatic carbocycles. The first-order valence-electron chi connectivity index (χ1n) is 10.5. The minimum Gasteiger partial charge on any atom is -0.372 e. The molecule has 5 nitrogen and oxygen atoms in total. The molecule has 29 heavy (non-hydrogen) atoms. The van der Waals surface area contributed by atoms with E-state index in [0.29, 0.717) is 6.54 Å². The van der Waals surface area contributed by atoms with E-state index in [0.717, 1.165) is 42.0 Å². The Labute approximate surface area is 173 Å². The second-order valence-electron chi connectivity index (χ2n) is 7.64. The number of hydrogen-bond donors (Lipinski definition) is 1. The molecule has 5 heteroatoms. The summed E-state index contributed by atoms with van der Waals surface area (Å²) in [5.41, 5.74) is 5.10. The van der Waals surface area contributed by atoms with Gasteiger partial charge in [-0.3, -0.25) is 9.59 Å². The van der Waals surface area contributed by atoms with Gasteiger partial charge in [0, 0.05) is 50.0 Å². The predicted octanol–water partition coefficient (Wildman–Crippen LogP) is 4.54. The predicted molar refractivity (Wildman–Crippen MR) is 120 cm³/mol. The molecule has 3 rings (SSSR count). The molecule has 0 radical (unpaired) electrons. The molecule has 1 N–H and O–H groups in total. The number of nitrogens with zero attached hydrogens (tertiary/aromatic N) is 2. The Kier molecular flexibility index (Phi) is 6.91. The van der Waals surface area contributed by atoms with Crippen LogP contribution in [0.1, 0.15) is 44.2 Å². The molecule has 0 aliphatic carbocycles. The van der Waals surface area contributed by atoms with E-state index >= 15 is 0 Å². The normalized spacial score (nSPS) is 13.4. The average Bonchev–Trinajstić information content (AvgIpc) is 3.25. The summed E-state index contributed by atoms with van der Waals surface area (Å²) in [6.07, 6.45) is 3.58. The first-order valence-corrected chi connectivity index (χ1v) is 10.5. The highest BCUT2D eigenvalue weighted by Gasteiger charge is 2.16. The van der Waals surface area contributed by atoms with E-state index in [-0.39, 0.29) is 18.2 Å². The lowest BCUT2D eigenvalue weighted by atomic mass is 10.1. The van der Waals surface area contributed by atoms with E-state index in [1.165, 1.54) is 18.5 Å². The molecular weight excluding hydrogens is 362 g/mol. The maximum Gasteiger partial charge on any atom is 0.226 e. The van der Waals surface area contributed by atoms with Crippen molar-refractivity contribution in [3.05, 3.63) is 53.6 Å². The van der Waals surface area contributed by atoms with Crippen LogP contribution < -0.4 is 15.1 Å². The van der Waals surface area contributed by atoms with Crippen molar-refractivity contribution in [2.45, 2.75) is 46.5 Å². The summed E-state index contributed by atoms with van der Waals surface area (Å²) in [5, 5.41) is 3.04. The molecule has 1 heterocycles. The summed E-state index contributed by atoms with van der Waals surface area (Å²) in [7, 11) is 0. The Hall–Kier alpha value is -2.82. The summed E-state index contributed by atoms with van der Waals surface area (Å²) in [6, 6.07) is 14.1. The van der Waals surface area contributed by atoms with Crippen LogP contribution in [0.2, 0.25) is 0 Å². The van der Waals surface area contributed by atoms with E-state index in [1.807, 2.05) is 37.3 Å². The van der Waals surface area contributed by atoms with Gasteiger partial charge in [-0.2, -0.15) is 0 Å². The van der Waals surface area contributed by atoms with Crippen LogP contribution in [-0.4, -0.2) is 31.4 Å². The average molecular weight is 394 g/mol. The zero-order valence-corrected chi connectivity index (χ0v) is 17.7. The van der Waals surface area contributed by atoms with Crippen molar-refractivity contribution in [1.29, 1.82) is 0 Å². The van der Waals surface area contributed by atoms with Gasteiger partial charge in [-0.05, 0) is 61.6 Å². The molecule has 0 aromatic heterocycles. The van der Waals surface area contributed by atoms with Gasteiger partial charge in [-0.25, -0.2) is 0 Å². The topological polar surface area (TPSA) is 52.7 Å². The van der Waals surface area contributed by atoms with Crippen LogP contribution in [0.5, 0.6) is 0 Å². The van der Waals surface area contributed by atoms with Gasteiger partial charge in [-0.15, -0.1) is 0 Å². The van der Waals surface area contributed by atoms with Crippen molar-refractivity contribution >= 4 is 28.9 Å². The van der Waals surface area contributed by atoms with Gasteiger partial charge in [0.25, 0.3) is 0 Å². The van der Waals surface area contributed by atoms with Crippen LogP contribution >= 0.6 is 0 Å². The van der Waals surface area contributed by atoms with Crippen LogP contribution in [0.4, 0.5) is 17.1 Å². The summed E-state index contributed by atoms with van der Waals surface area (Å²) in [6.45, 7) is 8.16. The van der Waals surface area contributed by atoms with Crippen molar-refractivity contribution in [2.75, 3.05) is 34.8 Å². The van der Waals surface area contributed by atoms with Crippen molar-refractivity contribution < 1.29 is 9.59 Å². The number of rotatable bonds is 7. The first kappa shape index (κ1) is 20.9. The molecule has 154 valence electrons. The molecule has 0 bridgehead atoms. The number of aryl methyl sites for hydroxylation is 2. The van der Waals surface area contributed by atoms with Crippen LogP contribution in [0.3, 0.4) is 0 Å². The van der Waals surface area contributed by atoms with Gasteiger partial charge in [-0.1, -0.05) is 25.1 Å². The summed E-state index contributed by atoms with van der Waals surface area (Å²) < 4.78 is 0. The van der Waals surface area contributed by atoms with Crippen LogP contribution in [0.25, 0.3) is 0 Å². The number of carbonyl (C=O) groups is 2. The van der Waals surface area contributed by atoms with Crippen molar-refractivity contribution in [1.82, 2.24) is 0 Å². The molecule has 0 saturated carbocycles. The zero-order chi connectivity index (χ0) is 20.8. The Morgan fingerprint density at radius 3 is 2.38 bits per heavy atom. The molecule has 0 atom stereocenters. The summed E-state index contributed by atoms with van der Waals surface area (Å²) in [4.78, 5) is 28.8. The number of nitrogens with one attached hydrogen (secondary N) is 1. The lowest BCUT2D eigenvalue weighted by Crippen LogP contribution is -2.32. The third-order valence-electron chi connectivity index (χ3n) is 5.58. The van der Waals surface area contributed by atoms with Crippen molar-refractivity contribution in [3.8, 4) is 0 Å². The van der Waals surface area contributed by atoms with Gasteiger partial charge in [0.2, 0.25) is 11.8 Å². The molecule has 1 aliphatic heterocycles. The maximum absolute atomic E-state index is 12.6. The summed E-state index contributed by atoms with van der Waals surface area (Å²) in [5.74, 6) is -0.134. The number of benzene rings is 2. The largest absolute Gasteiger partial charge is 0.372 e. The Morgan fingerprint density at radius 2 is 1.76 bits per heavy atom. The van der Waals surface area contributed by atoms with E-state index in [1.54, 1.807) is 11.8 Å². The lowest BCUT2D eigenvalue weighted by molar-refractivity contribution is -0.117. The molecular formula is C24H31N3O2. The van der Waals surface area contributed by atoms with Gasteiger partial charge in [0.15, 0.2) is 0 Å². The highest BCUT2D eigenvalue weighted by atomic mass is 16.2. The lowest BCUT2D eigenvalue weighted by Gasteiger charge is -2.23. The fraction of sp³-hybridized carbons (Fsp3) is 0.417. The van der Waals surface area contributed by atoms with Crippen LogP contribution in [-0.2, 0) is 16.0 Å². The molecule has 1 fully saturated rings. The van der Waals surface area contributed by atoms with Gasteiger partial charge in [0.1, 0.15) is 0 Å². The Morgan fingerprint density at radius 1 is 1.07 bits per heavy atom. The van der Waals surface area contributed by atoms with Crippen LogP contribution in [0.15, 0.2) is 42.5 Å². The molecule has 1 aliphatic rings.